The topological polar surface area (TPSA) is 164 Å². The monoisotopic (exact) mass is 600 g/mol. The van der Waals surface area contributed by atoms with Crippen LogP contribution in [-0.2, 0) is 20.1 Å². The molecule has 5 rings (SSSR count). The van der Waals surface area contributed by atoms with Gasteiger partial charge in [-0.15, -0.1) is 0 Å². The number of halogens is 1. The second-order valence-corrected chi connectivity index (χ2v) is 10.1. The Bertz CT molecular complexity index is 2060. The molecule has 4 N–H and O–H groups in total. The van der Waals surface area contributed by atoms with Crippen molar-refractivity contribution in [2.45, 2.75) is 26.9 Å². The number of anilines is 1. The van der Waals surface area contributed by atoms with Crippen molar-refractivity contribution < 1.29 is 18.4 Å². The first kappa shape index (κ1) is 29.9. The normalized spacial score (nSPS) is 11.0. The summed E-state index contributed by atoms with van der Waals surface area (Å²) in [6, 6.07) is 14.3. The van der Waals surface area contributed by atoms with Gasteiger partial charge in [-0.25, -0.2) is 14.0 Å². The maximum atomic E-state index is 15.4. The van der Waals surface area contributed by atoms with Crippen molar-refractivity contribution in [3.05, 3.63) is 120 Å². The van der Waals surface area contributed by atoms with Gasteiger partial charge in [0, 0.05) is 31.0 Å². The molecule has 0 radical (unpaired) electrons. The number of hydrogen-bond donors (Lipinski definition) is 4. The van der Waals surface area contributed by atoms with Crippen LogP contribution < -0.4 is 32.4 Å². The first-order valence-electron chi connectivity index (χ1n) is 13.5. The van der Waals surface area contributed by atoms with E-state index in [4.69, 9.17) is 4.74 Å². The molecule has 0 saturated heterocycles. The Morgan fingerprint density at radius 1 is 1.02 bits per heavy atom. The van der Waals surface area contributed by atoms with Crippen LogP contribution in [0.4, 0.5) is 10.1 Å². The summed E-state index contributed by atoms with van der Waals surface area (Å²) in [6.45, 7) is 4.06. The maximum Gasteiger partial charge on any atom is 0.438 e. The molecule has 0 bridgehead atoms. The van der Waals surface area contributed by atoms with Crippen molar-refractivity contribution >= 4 is 11.6 Å². The van der Waals surface area contributed by atoms with Crippen LogP contribution in [0.5, 0.6) is 5.75 Å². The highest BCUT2D eigenvalue weighted by molar-refractivity contribution is 6.04. The number of H-pyrrole nitrogens is 2. The van der Waals surface area contributed by atoms with E-state index in [0.29, 0.717) is 22.6 Å². The average Bonchev–Trinajstić information content (AvgIpc) is 3.42. The second-order valence-electron chi connectivity index (χ2n) is 10.1. The molecule has 0 fully saturated rings. The van der Waals surface area contributed by atoms with Crippen LogP contribution in [0, 0.1) is 19.7 Å². The minimum absolute atomic E-state index is 0.117. The van der Waals surface area contributed by atoms with Crippen LogP contribution in [0.1, 0.15) is 32.9 Å². The summed E-state index contributed by atoms with van der Waals surface area (Å²) >= 11 is 0. The standard InChI is InChI=1S/C31H29FN6O6/c1-16-19(18-11-24(32)22(26(12-18)43-4)13-33-15-27-36-31(42)44-37-27)7-5-8-20(16)21-9-6-10-25(17(21)2)35-28(39)23-14-34-30(41)38(3)29(23)40/h5-12,14,33H,13,15H2,1-4H3,(H,34,41)(H,35,39)(H,36,37,42). The Morgan fingerprint density at radius 2 is 1.73 bits per heavy atom. The van der Waals surface area contributed by atoms with E-state index in [1.807, 2.05) is 38.1 Å². The van der Waals surface area contributed by atoms with Crippen molar-refractivity contribution in [3.8, 4) is 28.0 Å². The van der Waals surface area contributed by atoms with Crippen molar-refractivity contribution in [1.29, 1.82) is 0 Å². The molecule has 5 aromatic rings. The van der Waals surface area contributed by atoms with Crippen molar-refractivity contribution in [1.82, 2.24) is 25.0 Å². The molecular weight excluding hydrogens is 571 g/mol. The van der Waals surface area contributed by atoms with E-state index in [2.05, 4.69) is 30.3 Å². The third-order valence-electron chi connectivity index (χ3n) is 7.40. The minimum Gasteiger partial charge on any atom is -0.496 e. The lowest BCUT2D eigenvalue weighted by Crippen LogP contribution is -2.37. The fourth-order valence-electron chi connectivity index (χ4n) is 4.98. The lowest BCUT2D eigenvalue weighted by atomic mass is 9.90. The first-order valence-corrected chi connectivity index (χ1v) is 13.5. The number of nitrogens with one attached hydrogen (secondary N) is 4. The Balaban J connectivity index is 1.44. The molecule has 0 saturated carbocycles. The molecule has 2 aromatic heterocycles. The van der Waals surface area contributed by atoms with Crippen LogP contribution in [-0.4, -0.2) is 32.7 Å². The highest BCUT2D eigenvalue weighted by Crippen LogP contribution is 2.37. The van der Waals surface area contributed by atoms with Crippen molar-refractivity contribution in [2.24, 2.45) is 7.05 Å². The van der Waals surface area contributed by atoms with Crippen LogP contribution >= 0.6 is 0 Å². The van der Waals surface area contributed by atoms with Gasteiger partial charge in [-0.05, 0) is 65.4 Å². The van der Waals surface area contributed by atoms with Gasteiger partial charge in [0.2, 0.25) is 0 Å². The summed E-state index contributed by atoms with van der Waals surface area (Å²) < 4.78 is 26.3. The quantitative estimate of drug-likeness (QED) is 0.200. The zero-order valence-electron chi connectivity index (χ0n) is 24.3. The van der Waals surface area contributed by atoms with Gasteiger partial charge in [0.05, 0.1) is 13.7 Å². The molecule has 1 amide bonds. The highest BCUT2D eigenvalue weighted by atomic mass is 19.1. The molecule has 3 aromatic carbocycles. The SMILES string of the molecule is COc1cc(-c2cccc(-c3cccc(NC(=O)c4c[nH]c(=O)n(C)c4=O)c3C)c2C)cc(F)c1CNCc1noc(=O)[nH]1. The molecule has 0 atom stereocenters. The van der Waals surface area contributed by atoms with Gasteiger partial charge in [-0.1, -0.05) is 35.5 Å². The number of methoxy groups -OCH3 is 1. The van der Waals surface area contributed by atoms with Gasteiger partial charge in [0.1, 0.15) is 17.1 Å². The highest BCUT2D eigenvalue weighted by Gasteiger charge is 2.18. The summed E-state index contributed by atoms with van der Waals surface area (Å²) in [5.74, 6) is -1.16. The lowest BCUT2D eigenvalue weighted by Gasteiger charge is -2.18. The summed E-state index contributed by atoms with van der Waals surface area (Å²) in [4.78, 5) is 53.0. The Morgan fingerprint density at radius 3 is 2.43 bits per heavy atom. The Hall–Kier alpha value is -5.56. The Kier molecular flexibility index (Phi) is 8.40. The van der Waals surface area contributed by atoms with Gasteiger partial charge in [-0.3, -0.25) is 23.7 Å². The molecule has 0 spiro atoms. The summed E-state index contributed by atoms with van der Waals surface area (Å²) in [5.41, 5.74) is 3.99. The number of carbonyl (C=O) groups excluding carboxylic acids is 1. The number of nitrogens with zero attached hydrogens (tertiary/aromatic N) is 2. The van der Waals surface area contributed by atoms with E-state index in [0.717, 1.165) is 38.6 Å². The summed E-state index contributed by atoms with van der Waals surface area (Å²) in [6.07, 6.45) is 1.10. The zero-order valence-corrected chi connectivity index (χ0v) is 24.3. The molecule has 2 heterocycles. The molecule has 226 valence electrons. The maximum absolute atomic E-state index is 15.4. The van der Waals surface area contributed by atoms with E-state index in [9.17, 15) is 19.2 Å². The molecule has 0 aliphatic rings. The van der Waals surface area contributed by atoms with Crippen LogP contribution in [0.2, 0.25) is 0 Å². The van der Waals surface area contributed by atoms with E-state index in [1.54, 1.807) is 18.2 Å². The van der Waals surface area contributed by atoms with E-state index in [-0.39, 0.29) is 24.5 Å². The van der Waals surface area contributed by atoms with Gasteiger partial charge >= 0.3 is 11.4 Å². The van der Waals surface area contributed by atoms with Crippen LogP contribution in [0.15, 0.2) is 73.6 Å². The number of ether oxygens (including phenoxy) is 1. The first-order chi connectivity index (χ1) is 21.1. The lowest BCUT2D eigenvalue weighted by molar-refractivity contribution is 0.102. The number of amides is 1. The molecule has 44 heavy (non-hydrogen) atoms. The predicted octanol–water partition coefficient (Wildman–Crippen LogP) is 3.39. The molecule has 13 heteroatoms. The van der Waals surface area contributed by atoms with Crippen molar-refractivity contribution in [2.75, 3.05) is 12.4 Å². The number of aromatic nitrogens is 4. The zero-order chi connectivity index (χ0) is 31.5. The largest absolute Gasteiger partial charge is 0.496 e. The number of aromatic amines is 2. The third-order valence-corrected chi connectivity index (χ3v) is 7.40. The smallest absolute Gasteiger partial charge is 0.438 e. The number of hydrogen-bond acceptors (Lipinski definition) is 8. The van der Waals surface area contributed by atoms with E-state index < -0.39 is 28.7 Å². The van der Waals surface area contributed by atoms with Gasteiger partial charge in [0.15, 0.2) is 5.82 Å². The summed E-state index contributed by atoms with van der Waals surface area (Å²) in [7, 11) is 2.75. The molecule has 0 aliphatic heterocycles. The predicted molar refractivity (Wildman–Crippen MR) is 161 cm³/mol. The van der Waals surface area contributed by atoms with Crippen molar-refractivity contribution in [3.63, 3.8) is 0 Å². The number of carbonyl (C=O) groups is 1. The fraction of sp³-hybridized carbons (Fsp3) is 0.194. The average molecular weight is 601 g/mol. The number of rotatable bonds is 9. The molecule has 0 unspecified atom stereocenters. The fourth-order valence-corrected chi connectivity index (χ4v) is 4.98. The van der Waals surface area contributed by atoms with Gasteiger partial charge in [0.25, 0.3) is 11.5 Å². The van der Waals surface area contributed by atoms with Gasteiger partial charge < -0.3 is 20.4 Å². The second kappa shape index (κ2) is 12.4. The van der Waals surface area contributed by atoms with Crippen LogP contribution in [0.3, 0.4) is 0 Å². The molecule has 0 aliphatic carbocycles. The van der Waals surface area contributed by atoms with E-state index in [1.165, 1.54) is 20.2 Å². The molecular formula is C31H29FN6O6. The number of benzene rings is 3. The molecule has 12 nitrogen and oxygen atoms in total. The Labute approximate surface area is 249 Å². The van der Waals surface area contributed by atoms with Crippen LogP contribution in [0.25, 0.3) is 22.3 Å². The van der Waals surface area contributed by atoms with E-state index >= 15 is 4.39 Å². The minimum atomic E-state index is -0.709. The summed E-state index contributed by atoms with van der Waals surface area (Å²) in [5, 5.41) is 9.37. The third kappa shape index (κ3) is 5.85. The van der Waals surface area contributed by atoms with Gasteiger partial charge in [-0.2, -0.15) is 0 Å².